The number of carbonyl (C=O) groups excluding carboxylic acids is 1. The van der Waals surface area contributed by atoms with Crippen LogP contribution in [0.2, 0.25) is 5.02 Å². The number of benzene rings is 1. The normalized spacial score (nSPS) is 11.3. The number of anilines is 1. The lowest BCUT2D eigenvalue weighted by Crippen LogP contribution is -2.14. The molecule has 0 bridgehead atoms. The Hall–Kier alpha value is -1.60. The van der Waals surface area contributed by atoms with E-state index in [0.717, 1.165) is 6.07 Å². The minimum atomic E-state index is -4.52. The van der Waals surface area contributed by atoms with Crippen molar-refractivity contribution in [3.05, 3.63) is 57.3 Å². The number of halogens is 5. The van der Waals surface area contributed by atoms with Crippen LogP contribution < -0.4 is 5.32 Å². The molecule has 3 nitrogen and oxygen atoms in total. The van der Waals surface area contributed by atoms with Crippen LogP contribution in [-0.2, 0) is 6.18 Å². The van der Waals surface area contributed by atoms with Crippen molar-refractivity contribution in [2.75, 3.05) is 5.32 Å². The number of nitrogens with zero attached hydrogens (tertiary/aromatic N) is 1. The first-order chi connectivity index (χ1) is 9.79. The fourth-order valence-corrected chi connectivity index (χ4v) is 2.23. The number of aromatic nitrogens is 1. The molecule has 0 saturated carbocycles. The van der Waals surface area contributed by atoms with Crippen LogP contribution >= 0.6 is 27.5 Å². The lowest BCUT2D eigenvalue weighted by atomic mass is 10.2. The van der Waals surface area contributed by atoms with Crippen molar-refractivity contribution in [3.8, 4) is 0 Å². The number of hydrogen-bond acceptors (Lipinski definition) is 2. The predicted octanol–water partition coefficient (Wildman–Crippen LogP) is 4.77. The van der Waals surface area contributed by atoms with E-state index in [1.165, 1.54) is 30.6 Å². The Morgan fingerprint density at radius 1 is 1.29 bits per heavy atom. The summed E-state index contributed by atoms with van der Waals surface area (Å²) in [5.74, 6) is -0.636. The lowest BCUT2D eigenvalue weighted by Gasteiger charge is -2.12. The summed E-state index contributed by atoms with van der Waals surface area (Å²) in [7, 11) is 0. The van der Waals surface area contributed by atoms with E-state index in [2.05, 4.69) is 26.2 Å². The van der Waals surface area contributed by atoms with E-state index in [0.29, 0.717) is 0 Å². The molecule has 2 aromatic rings. The molecular weight excluding hydrogens is 373 g/mol. The summed E-state index contributed by atoms with van der Waals surface area (Å²) >= 11 is 8.65. The van der Waals surface area contributed by atoms with Gasteiger partial charge in [-0.3, -0.25) is 9.78 Å². The topological polar surface area (TPSA) is 42.0 Å². The van der Waals surface area contributed by atoms with Gasteiger partial charge in [-0.15, -0.1) is 0 Å². The van der Waals surface area contributed by atoms with Crippen LogP contribution in [0.15, 0.2) is 41.1 Å². The second-order valence-corrected chi connectivity index (χ2v) is 5.26. The maximum atomic E-state index is 12.8. The Morgan fingerprint density at radius 2 is 2.00 bits per heavy atom. The molecule has 0 aliphatic rings. The molecular formula is C13H7BrClF3N2O. The molecule has 0 aliphatic heterocycles. The van der Waals surface area contributed by atoms with E-state index in [-0.39, 0.29) is 20.7 Å². The molecule has 110 valence electrons. The zero-order chi connectivity index (χ0) is 15.6. The molecule has 0 fully saturated rings. The zero-order valence-electron chi connectivity index (χ0n) is 10.2. The molecule has 1 aromatic carbocycles. The number of hydrogen-bond donors (Lipinski definition) is 1. The molecule has 0 saturated heterocycles. The van der Waals surface area contributed by atoms with Crippen molar-refractivity contribution in [1.29, 1.82) is 0 Å². The molecule has 0 spiro atoms. The fourth-order valence-electron chi connectivity index (χ4n) is 1.56. The minimum absolute atomic E-state index is 0.00967. The summed E-state index contributed by atoms with van der Waals surface area (Å²) in [5.41, 5.74) is -0.788. The van der Waals surface area contributed by atoms with E-state index in [1.807, 2.05) is 0 Å². The average molecular weight is 380 g/mol. The number of alkyl halides is 3. The molecule has 0 unspecified atom stereocenters. The van der Waals surface area contributed by atoms with Gasteiger partial charge in [0.25, 0.3) is 5.91 Å². The van der Waals surface area contributed by atoms with Crippen LogP contribution in [0.4, 0.5) is 18.9 Å². The van der Waals surface area contributed by atoms with Crippen molar-refractivity contribution in [3.63, 3.8) is 0 Å². The van der Waals surface area contributed by atoms with E-state index in [1.54, 1.807) is 0 Å². The van der Waals surface area contributed by atoms with Gasteiger partial charge in [-0.25, -0.2) is 0 Å². The van der Waals surface area contributed by atoms with E-state index >= 15 is 0 Å². The summed E-state index contributed by atoms with van der Waals surface area (Å²) < 4.78 is 38.2. The van der Waals surface area contributed by atoms with Crippen molar-refractivity contribution in [2.24, 2.45) is 0 Å². The van der Waals surface area contributed by atoms with E-state index < -0.39 is 17.6 Å². The van der Waals surface area contributed by atoms with Crippen LogP contribution in [0.1, 0.15) is 15.9 Å². The Balaban J connectivity index is 2.29. The Bertz CT molecular complexity index is 691. The quantitative estimate of drug-likeness (QED) is 0.817. The van der Waals surface area contributed by atoms with Gasteiger partial charge in [0, 0.05) is 22.6 Å². The van der Waals surface area contributed by atoms with Gasteiger partial charge in [0.1, 0.15) is 0 Å². The third-order valence-electron chi connectivity index (χ3n) is 2.54. The first kappa shape index (κ1) is 15.8. The van der Waals surface area contributed by atoms with Gasteiger partial charge in [0.2, 0.25) is 0 Å². The number of amides is 1. The monoisotopic (exact) mass is 378 g/mol. The first-order valence-corrected chi connectivity index (χ1v) is 6.74. The van der Waals surface area contributed by atoms with Gasteiger partial charge >= 0.3 is 6.18 Å². The molecule has 1 aromatic heterocycles. The van der Waals surface area contributed by atoms with Crippen LogP contribution in [0.25, 0.3) is 0 Å². The first-order valence-electron chi connectivity index (χ1n) is 5.56. The van der Waals surface area contributed by atoms with Gasteiger partial charge in [0.15, 0.2) is 0 Å². The number of rotatable bonds is 2. The second-order valence-electron chi connectivity index (χ2n) is 4.00. The summed E-state index contributed by atoms with van der Waals surface area (Å²) in [6, 6.07) is 4.82. The van der Waals surface area contributed by atoms with Gasteiger partial charge in [-0.2, -0.15) is 13.2 Å². The molecule has 0 aliphatic carbocycles. The van der Waals surface area contributed by atoms with Crippen molar-refractivity contribution < 1.29 is 18.0 Å². The highest BCUT2D eigenvalue weighted by Gasteiger charge is 2.33. The smallest absolute Gasteiger partial charge is 0.322 e. The Labute approximate surface area is 131 Å². The van der Waals surface area contributed by atoms with E-state index in [9.17, 15) is 18.0 Å². The summed E-state index contributed by atoms with van der Waals surface area (Å²) in [5, 5.41) is 2.52. The highest BCUT2D eigenvalue weighted by Crippen LogP contribution is 2.36. The maximum absolute atomic E-state index is 12.8. The molecule has 0 radical (unpaired) electrons. The number of pyridine rings is 1. The lowest BCUT2D eigenvalue weighted by molar-refractivity contribution is -0.138. The Morgan fingerprint density at radius 3 is 2.62 bits per heavy atom. The largest absolute Gasteiger partial charge is 0.417 e. The van der Waals surface area contributed by atoms with Gasteiger partial charge in [-0.1, -0.05) is 27.5 Å². The summed E-state index contributed by atoms with van der Waals surface area (Å²) in [6.45, 7) is 0. The van der Waals surface area contributed by atoms with Crippen LogP contribution in [0.3, 0.4) is 0 Å². The number of carbonyl (C=O) groups is 1. The molecule has 0 atom stereocenters. The molecule has 21 heavy (non-hydrogen) atoms. The predicted molar refractivity (Wildman–Crippen MR) is 76.3 cm³/mol. The Kier molecular flexibility index (Phi) is 4.53. The van der Waals surface area contributed by atoms with Gasteiger partial charge in [0.05, 0.1) is 16.1 Å². The van der Waals surface area contributed by atoms with Crippen LogP contribution in [0.5, 0.6) is 0 Å². The highest BCUT2D eigenvalue weighted by atomic mass is 79.9. The SMILES string of the molecule is O=C(Nc1ccc(Br)c(C(F)(F)F)c1)c1cnccc1Cl. The maximum Gasteiger partial charge on any atom is 0.417 e. The summed E-state index contributed by atoms with van der Waals surface area (Å²) in [6.07, 6.45) is -1.88. The van der Waals surface area contributed by atoms with Crippen molar-refractivity contribution in [1.82, 2.24) is 4.98 Å². The zero-order valence-corrected chi connectivity index (χ0v) is 12.6. The van der Waals surface area contributed by atoms with Crippen molar-refractivity contribution in [2.45, 2.75) is 6.18 Å². The van der Waals surface area contributed by atoms with E-state index in [4.69, 9.17) is 11.6 Å². The minimum Gasteiger partial charge on any atom is -0.322 e. The summed E-state index contributed by atoms with van der Waals surface area (Å²) in [4.78, 5) is 15.7. The fraction of sp³-hybridized carbons (Fsp3) is 0.0769. The molecule has 1 N–H and O–H groups in total. The standard InChI is InChI=1S/C13H7BrClF3N2O/c14-10-2-1-7(5-9(10)13(16,17)18)20-12(21)8-6-19-4-3-11(8)15/h1-6H,(H,20,21). The van der Waals surface area contributed by atoms with Crippen LogP contribution in [0, 0.1) is 0 Å². The molecule has 2 rings (SSSR count). The van der Waals surface area contributed by atoms with Crippen molar-refractivity contribution >= 4 is 39.1 Å². The third-order valence-corrected chi connectivity index (χ3v) is 3.56. The molecule has 1 heterocycles. The third kappa shape index (κ3) is 3.74. The average Bonchev–Trinajstić information content (AvgIpc) is 2.40. The number of nitrogens with one attached hydrogen (secondary N) is 1. The highest BCUT2D eigenvalue weighted by molar-refractivity contribution is 9.10. The van der Waals surface area contributed by atoms with Crippen LogP contribution in [-0.4, -0.2) is 10.9 Å². The molecule has 1 amide bonds. The van der Waals surface area contributed by atoms with Gasteiger partial charge in [-0.05, 0) is 24.3 Å². The molecule has 8 heteroatoms. The second kappa shape index (κ2) is 6.03. The van der Waals surface area contributed by atoms with Gasteiger partial charge < -0.3 is 5.32 Å².